The predicted octanol–water partition coefficient (Wildman–Crippen LogP) is 3.19. The highest BCUT2D eigenvalue weighted by Gasteiger charge is 2.19. The second-order valence-electron chi connectivity index (χ2n) is 5.81. The Kier molecular flexibility index (Phi) is 5.90. The minimum Gasteiger partial charge on any atom is -0.492 e. The van der Waals surface area contributed by atoms with Crippen LogP contribution in [0.1, 0.15) is 39.5 Å². The van der Waals surface area contributed by atoms with Crippen LogP contribution in [0.4, 0.5) is 5.69 Å². The van der Waals surface area contributed by atoms with Gasteiger partial charge in [-0.2, -0.15) is 0 Å². The summed E-state index contributed by atoms with van der Waals surface area (Å²) >= 11 is 0. The van der Waals surface area contributed by atoms with Crippen LogP contribution in [0.25, 0.3) is 0 Å². The first kappa shape index (κ1) is 15.7. The lowest BCUT2D eigenvalue weighted by molar-refractivity contribution is -0.120. The zero-order valence-corrected chi connectivity index (χ0v) is 13.0. The first-order valence-electron chi connectivity index (χ1n) is 7.94. The third-order valence-corrected chi connectivity index (χ3v) is 4.01. The van der Waals surface area contributed by atoms with Crippen molar-refractivity contribution in [2.75, 3.05) is 18.5 Å². The quantitative estimate of drug-likeness (QED) is 0.846. The summed E-state index contributed by atoms with van der Waals surface area (Å²) in [7, 11) is 0. The van der Waals surface area contributed by atoms with E-state index in [0.29, 0.717) is 12.6 Å². The SMILES string of the molecule is CCOc1ccccc1NCC(=O)NC1CCC(C)CC1. The van der Waals surface area contributed by atoms with E-state index in [9.17, 15) is 4.79 Å². The molecule has 1 amide bonds. The van der Waals surface area contributed by atoms with E-state index < -0.39 is 0 Å². The van der Waals surface area contributed by atoms with Crippen LogP contribution in [0, 0.1) is 5.92 Å². The van der Waals surface area contributed by atoms with Crippen LogP contribution in [0.3, 0.4) is 0 Å². The molecule has 0 spiro atoms. The van der Waals surface area contributed by atoms with Gasteiger partial charge in [-0.1, -0.05) is 19.1 Å². The average molecular weight is 290 g/mol. The maximum Gasteiger partial charge on any atom is 0.239 e. The highest BCUT2D eigenvalue weighted by Crippen LogP contribution is 2.24. The van der Waals surface area contributed by atoms with Gasteiger partial charge in [-0.25, -0.2) is 0 Å². The first-order valence-corrected chi connectivity index (χ1v) is 7.94. The van der Waals surface area contributed by atoms with Gasteiger partial charge < -0.3 is 15.4 Å². The Morgan fingerprint density at radius 2 is 1.95 bits per heavy atom. The normalized spacial score (nSPS) is 21.6. The predicted molar refractivity (Wildman–Crippen MR) is 85.7 cm³/mol. The maximum absolute atomic E-state index is 12.0. The molecule has 1 aliphatic carbocycles. The van der Waals surface area contributed by atoms with E-state index in [1.54, 1.807) is 0 Å². The Hall–Kier alpha value is -1.71. The van der Waals surface area contributed by atoms with Crippen LogP contribution in [-0.2, 0) is 4.79 Å². The third kappa shape index (κ3) is 4.96. The molecule has 0 radical (unpaired) electrons. The summed E-state index contributed by atoms with van der Waals surface area (Å²) in [5.74, 6) is 1.65. The number of benzene rings is 1. The molecule has 21 heavy (non-hydrogen) atoms. The largest absolute Gasteiger partial charge is 0.492 e. The standard InChI is InChI=1S/C17H26N2O2/c1-3-21-16-7-5-4-6-15(16)18-12-17(20)19-14-10-8-13(2)9-11-14/h4-7,13-14,18H,3,8-12H2,1-2H3,(H,19,20). The first-order chi connectivity index (χ1) is 10.2. The van der Waals surface area contributed by atoms with E-state index in [0.717, 1.165) is 30.2 Å². The number of hydrogen-bond donors (Lipinski definition) is 2. The molecular weight excluding hydrogens is 264 g/mol. The number of nitrogens with one attached hydrogen (secondary N) is 2. The van der Waals surface area contributed by atoms with E-state index in [-0.39, 0.29) is 12.5 Å². The lowest BCUT2D eigenvalue weighted by Gasteiger charge is -2.27. The van der Waals surface area contributed by atoms with Crippen molar-refractivity contribution in [2.45, 2.75) is 45.6 Å². The van der Waals surface area contributed by atoms with Gasteiger partial charge in [0.05, 0.1) is 18.8 Å². The Morgan fingerprint density at radius 3 is 2.67 bits per heavy atom. The van der Waals surface area contributed by atoms with Gasteiger partial charge in [0.1, 0.15) is 5.75 Å². The molecule has 1 aliphatic rings. The summed E-state index contributed by atoms with van der Waals surface area (Å²) in [5.41, 5.74) is 0.867. The number of amides is 1. The van der Waals surface area contributed by atoms with E-state index in [4.69, 9.17) is 4.74 Å². The topological polar surface area (TPSA) is 50.4 Å². The van der Waals surface area contributed by atoms with E-state index in [2.05, 4.69) is 17.6 Å². The summed E-state index contributed by atoms with van der Waals surface area (Å²) in [5, 5.41) is 6.28. The van der Waals surface area contributed by atoms with Crippen LogP contribution < -0.4 is 15.4 Å². The van der Waals surface area contributed by atoms with Crippen LogP contribution in [-0.4, -0.2) is 25.1 Å². The summed E-state index contributed by atoms with van der Waals surface area (Å²) in [6.07, 6.45) is 4.63. The molecular formula is C17H26N2O2. The van der Waals surface area contributed by atoms with Crippen LogP contribution >= 0.6 is 0 Å². The van der Waals surface area contributed by atoms with E-state index >= 15 is 0 Å². The Balaban J connectivity index is 1.78. The van der Waals surface area contributed by atoms with Gasteiger partial charge in [0.25, 0.3) is 0 Å². The molecule has 0 aliphatic heterocycles. The molecule has 1 saturated carbocycles. The molecule has 1 aromatic rings. The van der Waals surface area contributed by atoms with Crippen molar-refractivity contribution in [3.8, 4) is 5.75 Å². The summed E-state index contributed by atoms with van der Waals surface area (Å²) in [6.45, 7) is 5.14. The fraction of sp³-hybridized carbons (Fsp3) is 0.588. The number of hydrogen-bond acceptors (Lipinski definition) is 3. The van der Waals surface area contributed by atoms with E-state index in [1.165, 1.54) is 12.8 Å². The number of ether oxygens (including phenoxy) is 1. The molecule has 0 saturated heterocycles. The van der Waals surface area contributed by atoms with Crippen molar-refractivity contribution in [3.05, 3.63) is 24.3 Å². The van der Waals surface area contributed by atoms with Crippen molar-refractivity contribution in [2.24, 2.45) is 5.92 Å². The van der Waals surface area contributed by atoms with Crippen molar-refractivity contribution in [3.63, 3.8) is 0 Å². The van der Waals surface area contributed by atoms with Crippen molar-refractivity contribution < 1.29 is 9.53 Å². The molecule has 0 heterocycles. The zero-order chi connectivity index (χ0) is 15.1. The molecule has 1 fully saturated rings. The number of para-hydroxylation sites is 2. The summed E-state index contributed by atoms with van der Waals surface area (Å²) in [6, 6.07) is 8.05. The Labute approximate surface area is 127 Å². The highest BCUT2D eigenvalue weighted by molar-refractivity contribution is 5.81. The van der Waals surface area contributed by atoms with Crippen LogP contribution in [0.15, 0.2) is 24.3 Å². The minimum atomic E-state index is 0.0563. The lowest BCUT2D eigenvalue weighted by Crippen LogP contribution is -2.40. The molecule has 4 nitrogen and oxygen atoms in total. The zero-order valence-electron chi connectivity index (χ0n) is 13.0. The minimum absolute atomic E-state index is 0.0563. The molecule has 0 unspecified atom stereocenters. The molecule has 2 N–H and O–H groups in total. The van der Waals surface area contributed by atoms with E-state index in [1.807, 2.05) is 31.2 Å². The van der Waals surface area contributed by atoms with Crippen molar-refractivity contribution in [1.82, 2.24) is 5.32 Å². The van der Waals surface area contributed by atoms with Gasteiger partial charge in [-0.05, 0) is 50.7 Å². The average Bonchev–Trinajstić information content (AvgIpc) is 2.49. The monoisotopic (exact) mass is 290 g/mol. The summed E-state index contributed by atoms with van der Waals surface area (Å²) in [4.78, 5) is 12.0. The molecule has 2 rings (SSSR count). The van der Waals surface area contributed by atoms with Gasteiger partial charge in [-0.3, -0.25) is 4.79 Å². The Bertz CT molecular complexity index is 454. The van der Waals surface area contributed by atoms with Crippen LogP contribution in [0.2, 0.25) is 0 Å². The smallest absolute Gasteiger partial charge is 0.239 e. The summed E-state index contributed by atoms with van der Waals surface area (Å²) < 4.78 is 5.54. The number of anilines is 1. The third-order valence-electron chi connectivity index (χ3n) is 4.01. The van der Waals surface area contributed by atoms with Crippen molar-refractivity contribution in [1.29, 1.82) is 0 Å². The van der Waals surface area contributed by atoms with Gasteiger partial charge >= 0.3 is 0 Å². The fourth-order valence-corrected chi connectivity index (χ4v) is 2.75. The number of carbonyl (C=O) groups is 1. The lowest BCUT2D eigenvalue weighted by atomic mass is 9.87. The second-order valence-corrected chi connectivity index (χ2v) is 5.81. The maximum atomic E-state index is 12.0. The van der Waals surface area contributed by atoms with Gasteiger partial charge in [-0.15, -0.1) is 0 Å². The van der Waals surface area contributed by atoms with Crippen LogP contribution in [0.5, 0.6) is 5.75 Å². The Morgan fingerprint density at radius 1 is 1.24 bits per heavy atom. The molecule has 0 atom stereocenters. The molecule has 0 aromatic heterocycles. The second kappa shape index (κ2) is 7.91. The molecule has 116 valence electrons. The molecule has 1 aromatic carbocycles. The number of rotatable bonds is 6. The molecule has 0 bridgehead atoms. The van der Waals surface area contributed by atoms with Gasteiger partial charge in [0.15, 0.2) is 0 Å². The van der Waals surface area contributed by atoms with Crippen molar-refractivity contribution >= 4 is 11.6 Å². The van der Waals surface area contributed by atoms with Gasteiger partial charge in [0.2, 0.25) is 5.91 Å². The molecule has 4 heteroatoms. The highest BCUT2D eigenvalue weighted by atomic mass is 16.5. The fourth-order valence-electron chi connectivity index (χ4n) is 2.75. The van der Waals surface area contributed by atoms with Gasteiger partial charge in [0, 0.05) is 6.04 Å². The number of carbonyl (C=O) groups excluding carboxylic acids is 1.